The highest BCUT2D eigenvalue weighted by atomic mass is 19.4. The topological polar surface area (TPSA) is 53.4 Å². The fourth-order valence-electron chi connectivity index (χ4n) is 3.72. The summed E-state index contributed by atoms with van der Waals surface area (Å²) in [4.78, 5) is 17.3. The van der Waals surface area contributed by atoms with Crippen LogP contribution in [0.25, 0.3) is 11.1 Å². The lowest BCUT2D eigenvalue weighted by Crippen LogP contribution is -2.27. The van der Waals surface area contributed by atoms with Gasteiger partial charge in [0.05, 0.1) is 17.5 Å². The summed E-state index contributed by atoms with van der Waals surface area (Å²) in [7, 11) is 1.38. The molecule has 0 spiro atoms. The van der Waals surface area contributed by atoms with Crippen molar-refractivity contribution in [2.45, 2.75) is 51.2 Å². The Bertz CT molecular complexity index is 887. The molecule has 2 aromatic rings. The second-order valence-corrected chi connectivity index (χ2v) is 7.03. The molecule has 152 valence electrons. The number of benzene rings is 1. The third kappa shape index (κ3) is 4.22. The minimum Gasteiger partial charge on any atom is -0.467 e. The molecule has 1 aliphatic rings. The average molecular weight is 396 g/mol. The normalized spacial score (nSPS) is 15.6. The molecule has 0 aliphatic heterocycles. The third-order valence-electron chi connectivity index (χ3n) is 5.06. The van der Waals surface area contributed by atoms with Crippen molar-refractivity contribution in [2.75, 3.05) is 13.9 Å². The van der Waals surface area contributed by atoms with Crippen LogP contribution in [0.1, 0.15) is 49.3 Å². The molecule has 1 saturated carbocycles. The number of aryl methyl sites for hydroxylation is 1. The van der Waals surface area contributed by atoms with E-state index in [0.717, 1.165) is 44.2 Å². The minimum absolute atomic E-state index is 0.0468. The van der Waals surface area contributed by atoms with Crippen molar-refractivity contribution in [2.24, 2.45) is 0 Å². The maximum absolute atomic E-state index is 13.2. The molecule has 0 saturated heterocycles. The lowest BCUT2D eigenvalue weighted by Gasteiger charge is -2.24. The zero-order chi connectivity index (χ0) is 20.3. The van der Waals surface area contributed by atoms with Gasteiger partial charge < -0.3 is 9.47 Å². The predicted octanol–water partition coefficient (Wildman–Crippen LogP) is 4.73. The van der Waals surface area contributed by atoms with Crippen molar-refractivity contribution in [1.82, 2.24) is 9.55 Å². The van der Waals surface area contributed by atoms with Gasteiger partial charge in [0.15, 0.2) is 6.79 Å². The third-order valence-corrected chi connectivity index (χ3v) is 5.06. The van der Waals surface area contributed by atoms with E-state index in [2.05, 4.69) is 4.98 Å². The molecule has 1 aliphatic carbocycles. The molecule has 1 aromatic heterocycles. The molecule has 1 aromatic carbocycles. The van der Waals surface area contributed by atoms with Gasteiger partial charge in [0.2, 0.25) is 0 Å². The molecule has 28 heavy (non-hydrogen) atoms. The Labute approximate surface area is 161 Å². The second kappa shape index (κ2) is 8.34. The Kier molecular flexibility index (Phi) is 6.07. The SMILES string of the molecule is COCOc1cc(C(F)(F)F)cc(C)c1-c1cncn(C2CCCCC2)c1=O. The Morgan fingerprint density at radius 1 is 1.21 bits per heavy atom. The Morgan fingerprint density at radius 3 is 2.57 bits per heavy atom. The van der Waals surface area contributed by atoms with Gasteiger partial charge in [-0.3, -0.25) is 9.36 Å². The van der Waals surface area contributed by atoms with Crippen LogP contribution in [0.5, 0.6) is 5.75 Å². The molecule has 0 N–H and O–H groups in total. The Morgan fingerprint density at radius 2 is 1.93 bits per heavy atom. The molecule has 3 rings (SSSR count). The fourth-order valence-corrected chi connectivity index (χ4v) is 3.72. The van der Waals surface area contributed by atoms with E-state index in [1.165, 1.54) is 26.6 Å². The molecule has 5 nitrogen and oxygen atoms in total. The number of nitrogens with zero attached hydrogens (tertiary/aromatic N) is 2. The van der Waals surface area contributed by atoms with Gasteiger partial charge in [-0.15, -0.1) is 0 Å². The highest BCUT2D eigenvalue weighted by Gasteiger charge is 2.33. The van der Waals surface area contributed by atoms with Gasteiger partial charge >= 0.3 is 6.18 Å². The molecule has 0 unspecified atom stereocenters. The number of aromatic nitrogens is 2. The largest absolute Gasteiger partial charge is 0.467 e. The highest BCUT2D eigenvalue weighted by Crippen LogP contribution is 2.39. The summed E-state index contributed by atoms with van der Waals surface area (Å²) in [6.45, 7) is 1.30. The number of halogens is 3. The zero-order valence-corrected chi connectivity index (χ0v) is 15.9. The minimum atomic E-state index is -4.52. The molecular formula is C20H23F3N2O3. The first kappa shape index (κ1) is 20.4. The van der Waals surface area contributed by atoms with E-state index < -0.39 is 11.7 Å². The molecule has 0 radical (unpaired) electrons. The van der Waals surface area contributed by atoms with Crippen molar-refractivity contribution in [3.8, 4) is 16.9 Å². The summed E-state index contributed by atoms with van der Waals surface area (Å²) in [6.07, 6.45) is 3.39. The molecule has 8 heteroatoms. The van der Waals surface area contributed by atoms with Crippen LogP contribution in [-0.2, 0) is 10.9 Å². The Balaban J connectivity index is 2.13. The van der Waals surface area contributed by atoms with Crippen molar-refractivity contribution >= 4 is 0 Å². The number of rotatable bonds is 5. The molecule has 1 fully saturated rings. The standard InChI is InChI=1S/C20H23F3N2O3/c1-13-8-14(20(21,22)23)9-17(28-12-27-2)18(13)16-10-24-11-25(19(16)26)15-6-4-3-5-7-15/h8-11,15H,3-7,12H2,1-2H3. The molecule has 0 bridgehead atoms. The van der Waals surface area contributed by atoms with Crippen LogP contribution in [0.4, 0.5) is 13.2 Å². The number of hydrogen-bond acceptors (Lipinski definition) is 4. The molecule has 1 heterocycles. The van der Waals surface area contributed by atoms with E-state index in [9.17, 15) is 18.0 Å². The highest BCUT2D eigenvalue weighted by molar-refractivity contribution is 5.73. The summed E-state index contributed by atoms with van der Waals surface area (Å²) in [5.41, 5.74) is -0.275. The van der Waals surface area contributed by atoms with Gasteiger partial charge in [0.1, 0.15) is 5.75 Å². The van der Waals surface area contributed by atoms with Gasteiger partial charge in [-0.1, -0.05) is 19.3 Å². The van der Waals surface area contributed by atoms with Gasteiger partial charge in [0.25, 0.3) is 5.56 Å². The van der Waals surface area contributed by atoms with E-state index in [1.807, 2.05) is 0 Å². The zero-order valence-electron chi connectivity index (χ0n) is 15.9. The van der Waals surface area contributed by atoms with Crippen LogP contribution in [-0.4, -0.2) is 23.5 Å². The average Bonchev–Trinajstić information content (AvgIpc) is 2.66. The number of alkyl halides is 3. The summed E-state index contributed by atoms with van der Waals surface area (Å²) in [5, 5.41) is 0. The molecule has 0 atom stereocenters. The second-order valence-electron chi connectivity index (χ2n) is 7.03. The van der Waals surface area contributed by atoms with Crippen LogP contribution in [0.15, 0.2) is 29.5 Å². The maximum atomic E-state index is 13.2. The fraction of sp³-hybridized carbons (Fsp3) is 0.500. The van der Waals surface area contributed by atoms with E-state index in [0.29, 0.717) is 11.1 Å². The first-order valence-corrected chi connectivity index (χ1v) is 9.23. The maximum Gasteiger partial charge on any atom is 0.416 e. The van der Waals surface area contributed by atoms with Crippen LogP contribution in [0, 0.1) is 6.92 Å². The first-order valence-electron chi connectivity index (χ1n) is 9.23. The van der Waals surface area contributed by atoms with Gasteiger partial charge in [-0.2, -0.15) is 13.2 Å². The number of hydrogen-bond donors (Lipinski definition) is 0. The smallest absolute Gasteiger partial charge is 0.416 e. The van der Waals surface area contributed by atoms with Crippen molar-refractivity contribution in [1.29, 1.82) is 0 Å². The monoisotopic (exact) mass is 396 g/mol. The van der Waals surface area contributed by atoms with E-state index >= 15 is 0 Å². The van der Waals surface area contributed by atoms with E-state index in [1.54, 1.807) is 4.57 Å². The van der Waals surface area contributed by atoms with Crippen molar-refractivity contribution < 1.29 is 22.6 Å². The molecule has 0 amide bonds. The van der Waals surface area contributed by atoms with Gasteiger partial charge in [-0.25, -0.2) is 4.98 Å². The summed E-state index contributed by atoms with van der Waals surface area (Å²) >= 11 is 0. The van der Waals surface area contributed by atoms with Crippen LogP contribution in [0.2, 0.25) is 0 Å². The van der Waals surface area contributed by atoms with E-state index in [4.69, 9.17) is 9.47 Å². The van der Waals surface area contributed by atoms with Crippen LogP contribution in [0.3, 0.4) is 0 Å². The van der Waals surface area contributed by atoms with Crippen molar-refractivity contribution in [3.63, 3.8) is 0 Å². The lowest BCUT2D eigenvalue weighted by atomic mass is 9.94. The summed E-state index contributed by atoms with van der Waals surface area (Å²) < 4.78 is 51.5. The predicted molar refractivity (Wildman–Crippen MR) is 98.3 cm³/mol. The van der Waals surface area contributed by atoms with Crippen LogP contribution >= 0.6 is 0 Å². The Hall–Kier alpha value is -2.35. The first-order chi connectivity index (χ1) is 13.3. The number of ether oxygens (including phenoxy) is 2. The summed E-state index contributed by atoms with van der Waals surface area (Å²) in [6, 6.07) is 1.98. The lowest BCUT2D eigenvalue weighted by molar-refractivity contribution is -0.137. The van der Waals surface area contributed by atoms with E-state index in [-0.39, 0.29) is 29.7 Å². The summed E-state index contributed by atoms with van der Waals surface area (Å²) in [5.74, 6) is -0.0468. The van der Waals surface area contributed by atoms with Gasteiger partial charge in [0, 0.05) is 24.9 Å². The van der Waals surface area contributed by atoms with Gasteiger partial charge in [-0.05, 0) is 37.5 Å². The number of methoxy groups -OCH3 is 1. The van der Waals surface area contributed by atoms with Crippen molar-refractivity contribution in [3.05, 3.63) is 46.1 Å². The van der Waals surface area contributed by atoms with Crippen LogP contribution < -0.4 is 10.3 Å². The quantitative estimate of drug-likeness (QED) is 0.686. The molecular weight excluding hydrogens is 373 g/mol.